The van der Waals surface area contributed by atoms with Crippen LogP contribution in [0.3, 0.4) is 0 Å². The van der Waals surface area contributed by atoms with Crippen LogP contribution in [0.15, 0.2) is 41.1 Å². The largest absolute Gasteiger partial charge is 0.449 e. The monoisotopic (exact) mass is 447 g/mol. The number of carbonyl (C=O) groups excluding carboxylic acids is 1. The number of nitrogens with zero attached hydrogens (tertiary/aromatic N) is 6. The van der Waals surface area contributed by atoms with Gasteiger partial charge in [-0.1, -0.05) is 24.2 Å². The van der Waals surface area contributed by atoms with Crippen molar-refractivity contribution in [1.82, 2.24) is 34.8 Å². The quantitative estimate of drug-likeness (QED) is 0.467. The summed E-state index contributed by atoms with van der Waals surface area (Å²) in [7, 11) is 0. The number of carbonyl (C=O) groups is 1. The normalized spacial score (nSPS) is 12.9. The molecule has 4 rings (SSSR count). The van der Waals surface area contributed by atoms with E-state index in [9.17, 15) is 18.0 Å². The molecule has 0 fully saturated rings. The lowest BCUT2D eigenvalue weighted by atomic mass is 10.2. The van der Waals surface area contributed by atoms with Gasteiger partial charge in [0.25, 0.3) is 0 Å². The number of hydrogen-bond acceptors (Lipinski definition) is 6. The minimum atomic E-state index is -4.66. The van der Waals surface area contributed by atoms with Gasteiger partial charge in [-0.2, -0.15) is 23.3 Å². The number of benzene rings is 1. The second-order valence-electron chi connectivity index (χ2n) is 7.52. The Hall–Kier alpha value is -3.70. The van der Waals surface area contributed by atoms with E-state index in [-0.39, 0.29) is 35.2 Å². The van der Waals surface area contributed by atoms with Crippen LogP contribution in [0.25, 0.3) is 11.0 Å². The Kier molecular flexibility index (Phi) is 5.68. The van der Waals surface area contributed by atoms with Gasteiger partial charge in [0, 0.05) is 19.3 Å². The molecule has 1 N–H and O–H groups in total. The van der Waals surface area contributed by atoms with E-state index in [1.165, 1.54) is 12.1 Å². The average Bonchev–Trinajstić information content (AvgIpc) is 3.45. The minimum absolute atomic E-state index is 0.0659. The third-order valence-corrected chi connectivity index (χ3v) is 4.75. The summed E-state index contributed by atoms with van der Waals surface area (Å²) in [4.78, 5) is 20.0. The van der Waals surface area contributed by atoms with Gasteiger partial charge in [-0.3, -0.25) is 9.48 Å². The lowest BCUT2D eigenvalue weighted by molar-refractivity contribution is -0.146. The summed E-state index contributed by atoms with van der Waals surface area (Å²) in [6.07, 6.45) is -2.81. The van der Waals surface area contributed by atoms with E-state index in [4.69, 9.17) is 4.52 Å². The van der Waals surface area contributed by atoms with Crippen molar-refractivity contribution < 1.29 is 22.5 Å². The van der Waals surface area contributed by atoms with Gasteiger partial charge >= 0.3 is 18.0 Å². The molecule has 0 saturated heterocycles. The topological polar surface area (TPSA) is 104 Å². The smallest absolute Gasteiger partial charge is 0.347 e. The van der Waals surface area contributed by atoms with Gasteiger partial charge < -0.3 is 14.4 Å². The Balaban J connectivity index is 1.43. The Morgan fingerprint density at radius 1 is 1.22 bits per heavy atom. The SMILES string of the molecule is Cc1ccn(C[C@@H](C)CNC(=O)c2nc(Cn3c(C(F)(F)F)nc4ccccc43)no2)n1. The fourth-order valence-electron chi connectivity index (χ4n) is 3.30. The van der Waals surface area contributed by atoms with E-state index in [1.54, 1.807) is 16.8 Å². The molecule has 0 aliphatic carbocycles. The Labute approximate surface area is 180 Å². The maximum atomic E-state index is 13.4. The predicted octanol–water partition coefficient (Wildman–Crippen LogP) is 3.06. The summed E-state index contributed by atoms with van der Waals surface area (Å²) >= 11 is 0. The fourth-order valence-corrected chi connectivity index (χ4v) is 3.30. The molecule has 3 aromatic heterocycles. The second-order valence-corrected chi connectivity index (χ2v) is 7.52. The highest BCUT2D eigenvalue weighted by Crippen LogP contribution is 2.31. The average molecular weight is 447 g/mol. The lowest BCUT2D eigenvalue weighted by Gasteiger charge is -2.11. The molecule has 0 aliphatic heterocycles. The molecule has 32 heavy (non-hydrogen) atoms. The van der Waals surface area contributed by atoms with Crippen LogP contribution in [0.1, 0.15) is 35.0 Å². The molecule has 4 aromatic rings. The van der Waals surface area contributed by atoms with E-state index < -0.39 is 17.9 Å². The maximum absolute atomic E-state index is 13.4. The van der Waals surface area contributed by atoms with Crippen molar-refractivity contribution in [1.29, 1.82) is 0 Å². The predicted molar refractivity (Wildman–Crippen MR) is 107 cm³/mol. The van der Waals surface area contributed by atoms with Crippen LogP contribution in [0.5, 0.6) is 0 Å². The summed E-state index contributed by atoms with van der Waals surface area (Å²) in [5.74, 6) is -1.98. The first-order valence-corrected chi connectivity index (χ1v) is 9.84. The zero-order chi connectivity index (χ0) is 22.9. The van der Waals surface area contributed by atoms with Crippen LogP contribution in [-0.2, 0) is 19.3 Å². The zero-order valence-corrected chi connectivity index (χ0v) is 17.3. The van der Waals surface area contributed by atoms with Gasteiger partial charge in [-0.25, -0.2) is 4.98 Å². The van der Waals surface area contributed by atoms with Gasteiger partial charge in [0.05, 0.1) is 23.3 Å². The maximum Gasteiger partial charge on any atom is 0.449 e. The highest BCUT2D eigenvalue weighted by molar-refractivity contribution is 5.89. The molecule has 1 aromatic carbocycles. The molecule has 12 heteroatoms. The molecular weight excluding hydrogens is 427 g/mol. The van der Waals surface area contributed by atoms with Crippen LogP contribution in [0.2, 0.25) is 0 Å². The van der Waals surface area contributed by atoms with E-state index in [0.29, 0.717) is 13.1 Å². The number of para-hydroxylation sites is 2. The van der Waals surface area contributed by atoms with Gasteiger partial charge in [-0.05, 0) is 31.0 Å². The number of amides is 1. The standard InChI is InChI=1S/C20H20F3N7O2/c1-12(10-29-8-7-13(2)27-29)9-24-17(31)18-26-16(28-32-18)11-30-15-6-4-3-5-14(15)25-19(30)20(21,22)23/h3-8,12H,9-11H2,1-2H3,(H,24,31)/t12-/m0/s1. The molecule has 1 atom stereocenters. The Morgan fingerprint density at radius 2 is 2.00 bits per heavy atom. The molecular formula is C20H20F3N7O2. The fraction of sp³-hybridized carbons (Fsp3) is 0.350. The summed E-state index contributed by atoms with van der Waals surface area (Å²) in [6.45, 7) is 4.43. The van der Waals surface area contributed by atoms with Crippen LogP contribution in [-0.4, -0.2) is 41.9 Å². The van der Waals surface area contributed by atoms with Crippen molar-refractivity contribution >= 4 is 16.9 Å². The number of rotatable bonds is 7. The molecule has 0 aliphatic rings. The lowest BCUT2D eigenvalue weighted by Crippen LogP contribution is -2.30. The first-order valence-electron chi connectivity index (χ1n) is 9.84. The number of nitrogens with one attached hydrogen (secondary N) is 1. The first kappa shape index (κ1) is 21.5. The van der Waals surface area contributed by atoms with Crippen molar-refractivity contribution in [3.05, 3.63) is 59.8 Å². The summed E-state index contributed by atoms with van der Waals surface area (Å²) < 4.78 is 48.0. The number of aryl methyl sites for hydroxylation is 1. The van der Waals surface area contributed by atoms with Crippen molar-refractivity contribution in [2.75, 3.05) is 6.54 Å². The van der Waals surface area contributed by atoms with E-state index in [1.807, 2.05) is 26.1 Å². The van der Waals surface area contributed by atoms with E-state index in [0.717, 1.165) is 10.3 Å². The molecule has 0 saturated carbocycles. The number of aromatic nitrogens is 6. The summed E-state index contributed by atoms with van der Waals surface area (Å²) in [6, 6.07) is 8.11. The molecule has 1 amide bonds. The van der Waals surface area contributed by atoms with E-state index in [2.05, 4.69) is 25.5 Å². The first-order chi connectivity index (χ1) is 15.2. The van der Waals surface area contributed by atoms with Crippen molar-refractivity contribution in [3.63, 3.8) is 0 Å². The number of alkyl halides is 3. The van der Waals surface area contributed by atoms with Crippen molar-refractivity contribution in [2.24, 2.45) is 5.92 Å². The summed E-state index contributed by atoms with van der Waals surface area (Å²) in [5, 5.41) is 10.6. The van der Waals surface area contributed by atoms with Crippen LogP contribution in [0.4, 0.5) is 13.2 Å². The molecule has 3 heterocycles. The molecule has 9 nitrogen and oxygen atoms in total. The van der Waals surface area contributed by atoms with Gasteiger partial charge in [0.2, 0.25) is 5.82 Å². The molecule has 0 spiro atoms. The summed E-state index contributed by atoms with van der Waals surface area (Å²) in [5.41, 5.74) is 1.37. The van der Waals surface area contributed by atoms with Gasteiger partial charge in [0.15, 0.2) is 5.82 Å². The second kappa shape index (κ2) is 8.44. The Bertz CT molecular complexity index is 1240. The zero-order valence-electron chi connectivity index (χ0n) is 17.3. The van der Waals surface area contributed by atoms with Crippen molar-refractivity contribution in [2.45, 2.75) is 33.1 Å². The molecule has 0 bridgehead atoms. The third-order valence-electron chi connectivity index (χ3n) is 4.75. The Morgan fingerprint density at radius 3 is 2.72 bits per heavy atom. The number of hydrogen-bond donors (Lipinski definition) is 1. The van der Waals surface area contributed by atoms with Gasteiger partial charge in [0.1, 0.15) is 0 Å². The molecule has 0 unspecified atom stereocenters. The highest BCUT2D eigenvalue weighted by atomic mass is 19.4. The highest BCUT2D eigenvalue weighted by Gasteiger charge is 2.38. The van der Waals surface area contributed by atoms with Gasteiger partial charge in [-0.15, -0.1) is 0 Å². The molecule has 0 radical (unpaired) electrons. The number of imidazole rings is 1. The third kappa shape index (κ3) is 4.63. The number of halogens is 3. The van der Waals surface area contributed by atoms with Crippen molar-refractivity contribution in [3.8, 4) is 0 Å². The number of fused-ring (bicyclic) bond motifs is 1. The minimum Gasteiger partial charge on any atom is -0.347 e. The van der Waals surface area contributed by atoms with Crippen LogP contribution in [0, 0.1) is 12.8 Å². The van der Waals surface area contributed by atoms with E-state index >= 15 is 0 Å². The molecule has 168 valence electrons. The van der Waals surface area contributed by atoms with Crippen LogP contribution < -0.4 is 5.32 Å². The van der Waals surface area contributed by atoms with Crippen LogP contribution >= 0.6 is 0 Å².